The summed E-state index contributed by atoms with van der Waals surface area (Å²) in [5.74, 6) is 0.180. The molecular weight excluding hydrogens is 396 g/mol. The molecule has 1 heterocycles. The summed E-state index contributed by atoms with van der Waals surface area (Å²) in [4.78, 5) is 26.1. The molecule has 0 bridgehead atoms. The average Bonchev–Trinajstić information content (AvgIpc) is 3.22. The maximum absolute atomic E-state index is 12.6. The molecule has 0 unspecified atom stereocenters. The van der Waals surface area contributed by atoms with Crippen LogP contribution in [-0.4, -0.2) is 17.1 Å². The minimum atomic E-state index is -0.347. The lowest BCUT2D eigenvalue weighted by molar-refractivity contribution is -0.115. The van der Waals surface area contributed by atoms with Gasteiger partial charge >= 0.3 is 0 Å². The second-order valence-electron chi connectivity index (χ2n) is 6.01. The highest BCUT2D eigenvalue weighted by molar-refractivity contribution is 8.00. The van der Waals surface area contributed by atoms with Crippen molar-refractivity contribution in [1.29, 1.82) is 0 Å². The second kappa shape index (κ2) is 9.48. The number of carbonyl (C=O) groups excluding carboxylic acids is 2. The zero-order chi connectivity index (χ0) is 19.9. The number of benzene rings is 2. The van der Waals surface area contributed by atoms with E-state index >= 15 is 0 Å². The molecule has 7 heteroatoms. The highest BCUT2D eigenvalue weighted by atomic mass is 35.5. The number of thioether (sulfide) groups is 1. The third kappa shape index (κ3) is 5.41. The molecule has 3 rings (SSSR count). The van der Waals surface area contributed by atoms with E-state index < -0.39 is 0 Å². The highest BCUT2D eigenvalue weighted by Crippen LogP contribution is 2.26. The zero-order valence-electron chi connectivity index (χ0n) is 15.1. The van der Waals surface area contributed by atoms with Crippen LogP contribution in [0.2, 0.25) is 5.02 Å². The smallest absolute Gasteiger partial charge is 0.253 e. The van der Waals surface area contributed by atoms with Crippen LogP contribution >= 0.6 is 23.4 Å². The van der Waals surface area contributed by atoms with Gasteiger partial charge in [0.25, 0.3) is 5.91 Å². The van der Waals surface area contributed by atoms with Crippen LogP contribution < -0.4 is 10.6 Å². The van der Waals surface area contributed by atoms with Crippen molar-refractivity contribution in [2.45, 2.75) is 23.6 Å². The predicted octanol–water partition coefficient (Wildman–Crippen LogP) is 4.98. The lowest BCUT2D eigenvalue weighted by Gasteiger charge is -2.14. The highest BCUT2D eigenvalue weighted by Gasteiger charge is 2.18. The van der Waals surface area contributed by atoms with E-state index in [2.05, 4.69) is 10.6 Å². The van der Waals surface area contributed by atoms with E-state index in [1.54, 1.807) is 54.8 Å². The van der Waals surface area contributed by atoms with Crippen LogP contribution in [-0.2, 0) is 11.3 Å². The Morgan fingerprint density at radius 3 is 2.54 bits per heavy atom. The molecule has 0 spiro atoms. The molecule has 1 atom stereocenters. The predicted molar refractivity (Wildman–Crippen MR) is 112 cm³/mol. The maximum atomic E-state index is 12.6. The van der Waals surface area contributed by atoms with Gasteiger partial charge in [0.2, 0.25) is 5.91 Å². The summed E-state index contributed by atoms with van der Waals surface area (Å²) < 4.78 is 5.21. The van der Waals surface area contributed by atoms with Crippen molar-refractivity contribution in [3.63, 3.8) is 0 Å². The van der Waals surface area contributed by atoms with Crippen molar-refractivity contribution in [1.82, 2.24) is 5.32 Å². The molecule has 2 N–H and O–H groups in total. The van der Waals surface area contributed by atoms with E-state index in [4.69, 9.17) is 16.0 Å². The van der Waals surface area contributed by atoms with E-state index in [0.717, 1.165) is 4.90 Å². The van der Waals surface area contributed by atoms with Gasteiger partial charge in [0.15, 0.2) is 0 Å². The van der Waals surface area contributed by atoms with Gasteiger partial charge in [0, 0.05) is 9.92 Å². The number of rotatable bonds is 7. The number of para-hydroxylation sites is 1. The van der Waals surface area contributed by atoms with Crippen LogP contribution in [0.5, 0.6) is 0 Å². The summed E-state index contributed by atoms with van der Waals surface area (Å²) in [5.41, 5.74) is 0.860. The van der Waals surface area contributed by atoms with E-state index in [-0.39, 0.29) is 23.6 Å². The van der Waals surface area contributed by atoms with Gasteiger partial charge in [-0.25, -0.2) is 0 Å². The molecule has 0 saturated carbocycles. The normalized spacial score (nSPS) is 11.6. The summed E-state index contributed by atoms with van der Waals surface area (Å²) >= 11 is 7.31. The summed E-state index contributed by atoms with van der Waals surface area (Å²) in [6.07, 6.45) is 1.55. The van der Waals surface area contributed by atoms with Crippen LogP contribution in [0.4, 0.5) is 5.69 Å². The van der Waals surface area contributed by atoms with Gasteiger partial charge in [0.1, 0.15) is 5.76 Å². The van der Waals surface area contributed by atoms with Gasteiger partial charge in [-0.2, -0.15) is 0 Å². The Balaban J connectivity index is 1.63. The fourth-order valence-corrected chi connectivity index (χ4v) is 3.46. The van der Waals surface area contributed by atoms with Gasteiger partial charge in [-0.1, -0.05) is 23.7 Å². The molecule has 0 aliphatic carbocycles. The number of nitrogens with one attached hydrogen (secondary N) is 2. The fourth-order valence-electron chi connectivity index (χ4n) is 2.47. The Kier molecular flexibility index (Phi) is 6.79. The summed E-state index contributed by atoms with van der Waals surface area (Å²) in [5, 5.41) is 5.94. The Morgan fingerprint density at radius 2 is 1.82 bits per heavy atom. The molecule has 3 aromatic rings. The van der Waals surface area contributed by atoms with Crippen molar-refractivity contribution in [3.05, 3.63) is 83.3 Å². The minimum absolute atomic E-state index is 0.189. The van der Waals surface area contributed by atoms with Crippen LogP contribution in [0, 0.1) is 0 Å². The lowest BCUT2D eigenvalue weighted by atomic mass is 10.1. The molecule has 0 fully saturated rings. The fraction of sp³-hybridized carbons (Fsp3) is 0.143. The van der Waals surface area contributed by atoms with Crippen molar-refractivity contribution < 1.29 is 14.0 Å². The maximum Gasteiger partial charge on any atom is 0.253 e. The van der Waals surface area contributed by atoms with E-state index in [9.17, 15) is 9.59 Å². The quantitative estimate of drug-likeness (QED) is 0.535. The first-order valence-corrected chi connectivity index (χ1v) is 9.91. The lowest BCUT2D eigenvalue weighted by Crippen LogP contribution is -2.27. The molecule has 0 radical (unpaired) electrons. The van der Waals surface area contributed by atoms with Crippen molar-refractivity contribution in [2.24, 2.45) is 0 Å². The Bertz CT molecular complexity index is 943. The van der Waals surface area contributed by atoms with Crippen LogP contribution in [0.3, 0.4) is 0 Å². The van der Waals surface area contributed by atoms with Gasteiger partial charge in [-0.15, -0.1) is 11.8 Å². The SMILES string of the molecule is C[C@@H](Sc1ccc(Cl)cc1)C(=O)Nc1ccccc1C(=O)NCc1ccco1. The summed E-state index contributed by atoms with van der Waals surface area (Å²) in [6, 6.07) is 17.8. The molecule has 0 aliphatic heterocycles. The molecule has 1 aromatic heterocycles. The number of halogens is 1. The largest absolute Gasteiger partial charge is 0.467 e. The van der Waals surface area contributed by atoms with Crippen LogP contribution in [0.15, 0.2) is 76.2 Å². The molecule has 2 aromatic carbocycles. The molecule has 0 aliphatic rings. The first-order chi connectivity index (χ1) is 13.5. The average molecular weight is 415 g/mol. The van der Waals surface area contributed by atoms with Crippen LogP contribution in [0.1, 0.15) is 23.0 Å². The third-order valence-corrected chi connectivity index (χ3v) is 5.29. The molecule has 2 amide bonds. The van der Waals surface area contributed by atoms with Gasteiger partial charge < -0.3 is 15.1 Å². The molecule has 5 nitrogen and oxygen atoms in total. The van der Waals surface area contributed by atoms with Crippen molar-refractivity contribution in [3.8, 4) is 0 Å². The van der Waals surface area contributed by atoms with E-state index in [1.165, 1.54) is 11.8 Å². The van der Waals surface area contributed by atoms with Gasteiger partial charge in [-0.05, 0) is 55.5 Å². The summed E-state index contributed by atoms with van der Waals surface area (Å²) in [7, 11) is 0. The number of amides is 2. The molecule has 0 saturated heterocycles. The van der Waals surface area contributed by atoms with Gasteiger partial charge in [-0.3, -0.25) is 9.59 Å². The standard InChI is InChI=1S/C21H19ClN2O3S/c1-14(28-17-10-8-15(22)9-11-17)20(25)24-19-7-3-2-6-18(19)21(26)23-13-16-5-4-12-27-16/h2-12,14H,13H2,1H3,(H,23,26)(H,24,25)/t14-/m1/s1. The van der Waals surface area contributed by atoms with E-state index in [1.807, 2.05) is 19.1 Å². The number of hydrogen-bond acceptors (Lipinski definition) is 4. The molecular formula is C21H19ClN2O3S. The van der Waals surface area contributed by atoms with Crippen molar-refractivity contribution in [2.75, 3.05) is 5.32 Å². The monoisotopic (exact) mass is 414 g/mol. The third-order valence-electron chi connectivity index (χ3n) is 3.93. The minimum Gasteiger partial charge on any atom is -0.467 e. The number of carbonyl (C=O) groups is 2. The zero-order valence-corrected chi connectivity index (χ0v) is 16.7. The first kappa shape index (κ1) is 20.0. The topological polar surface area (TPSA) is 71.3 Å². The first-order valence-electron chi connectivity index (χ1n) is 8.65. The number of furan rings is 1. The summed E-state index contributed by atoms with van der Waals surface area (Å²) in [6.45, 7) is 2.09. The van der Waals surface area contributed by atoms with Crippen LogP contribution in [0.25, 0.3) is 0 Å². The van der Waals surface area contributed by atoms with E-state index in [0.29, 0.717) is 22.0 Å². The van der Waals surface area contributed by atoms with Crippen molar-refractivity contribution >= 4 is 40.9 Å². The Hall–Kier alpha value is -2.70. The second-order valence-corrected chi connectivity index (χ2v) is 7.86. The Morgan fingerprint density at radius 1 is 1.07 bits per heavy atom. The number of hydrogen-bond donors (Lipinski definition) is 2. The molecule has 28 heavy (non-hydrogen) atoms. The Labute approximate surface area is 172 Å². The van der Waals surface area contributed by atoms with Gasteiger partial charge in [0.05, 0.1) is 29.3 Å². The molecule has 144 valence electrons. The number of anilines is 1.